The lowest BCUT2D eigenvalue weighted by Gasteiger charge is -2.32. The number of alkyl halides is 3. The van der Waals surface area contributed by atoms with Gasteiger partial charge in [0.05, 0.1) is 0 Å². The molecule has 1 saturated heterocycles. The summed E-state index contributed by atoms with van der Waals surface area (Å²) in [5.74, 6) is 0.0338. The topological polar surface area (TPSA) is 41.1 Å². The molecule has 1 fully saturated rings. The molecule has 2 heterocycles. The molecule has 1 aliphatic rings. The molecule has 26 heavy (non-hydrogen) atoms. The van der Waals surface area contributed by atoms with Gasteiger partial charge >= 0.3 is 6.18 Å². The van der Waals surface area contributed by atoms with Crippen molar-refractivity contribution in [3.8, 4) is 0 Å². The summed E-state index contributed by atoms with van der Waals surface area (Å²) < 4.78 is 38.3. The van der Waals surface area contributed by atoms with Gasteiger partial charge in [-0.1, -0.05) is 42.5 Å². The predicted molar refractivity (Wildman–Crippen MR) is 95.6 cm³/mol. The second-order valence-corrected chi connectivity index (χ2v) is 6.32. The lowest BCUT2D eigenvalue weighted by atomic mass is 10.1. The first-order chi connectivity index (χ1) is 12.5. The van der Waals surface area contributed by atoms with Crippen LogP contribution in [0.15, 0.2) is 48.7 Å². The van der Waals surface area contributed by atoms with Crippen molar-refractivity contribution in [3.05, 3.63) is 59.9 Å². The fourth-order valence-corrected chi connectivity index (χ4v) is 3.01. The van der Waals surface area contributed by atoms with Crippen molar-refractivity contribution < 1.29 is 13.2 Å². The molecule has 0 spiro atoms. The van der Waals surface area contributed by atoms with E-state index in [0.29, 0.717) is 0 Å². The van der Waals surface area contributed by atoms with Crippen molar-refractivity contribution in [2.75, 3.05) is 25.0 Å². The number of anilines is 1. The third-order valence-corrected chi connectivity index (χ3v) is 4.26. The molecule has 0 bridgehead atoms. The highest BCUT2D eigenvalue weighted by atomic mass is 19.4. The van der Waals surface area contributed by atoms with Gasteiger partial charge in [0.1, 0.15) is 5.69 Å². The highest BCUT2D eigenvalue weighted by molar-refractivity contribution is 5.48. The molecule has 1 aromatic carbocycles. The number of nitrogens with one attached hydrogen (secondary N) is 1. The quantitative estimate of drug-likeness (QED) is 0.870. The third-order valence-electron chi connectivity index (χ3n) is 4.26. The van der Waals surface area contributed by atoms with E-state index in [-0.39, 0.29) is 12.0 Å². The van der Waals surface area contributed by atoms with E-state index in [4.69, 9.17) is 0 Å². The summed E-state index contributed by atoms with van der Waals surface area (Å²) in [5.41, 5.74) is 0.227. The fourth-order valence-electron chi connectivity index (χ4n) is 3.01. The van der Waals surface area contributed by atoms with Gasteiger partial charge in [0, 0.05) is 25.3 Å². The van der Waals surface area contributed by atoms with Crippen molar-refractivity contribution >= 4 is 12.0 Å². The Hall–Kier alpha value is -2.41. The van der Waals surface area contributed by atoms with Gasteiger partial charge in [0.25, 0.3) is 0 Å². The minimum Gasteiger partial charge on any atom is -0.350 e. The van der Waals surface area contributed by atoms with Crippen LogP contribution in [0.25, 0.3) is 6.08 Å². The number of piperidine rings is 1. The molecule has 1 unspecified atom stereocenters. The number of halogens is 3. The molecule has 138 valence electrons. The van der Waals surface area contributed by atoms with Crippen LogP contribution in [0.4, 0.5) is 19.1 Å². The third kappa shape index (κ3) is 5.29. The van der Waals surface area contributed by atoms with Gasteiger partial charge in [-0.2, -0.15) is 13.2 Å². The zero-order valence-electron chi connectivity index (χ0n) is 14.3. The van der Waals surface area contributed by atoms with Gasteiger partial charge in [-0.25, -0.2) is 9.97 Å². The molecule has 0 amide bonds. The van der Waals surface area contributed by atoms with Crippen LogP contribution in [0.2, 0.25) is 0 Å². The fraction of sp³-hybridized carbons (Fsp3) is 0.368. The second-order valence-electron chi connectivity index (χ2n) is 6.32. The summed E-state index contributed by atoms with van der Waals surface area (Å²) in [6.07, 6.45) is 2.74. The Labute approximate surface area is 150 Å². The monoisotopic (exact) mass is 362 g/mol. The Bertz CT molecular complexity index is 731. The van der Waals surface area contributed by atoms with Gasteiger partial charge in [-0.15, -0.1) is 0 Å². The Kier molecular flexibility index (Phi) is 5.88. The average Bonchev–Trinajstić information content (AvgIpc) is 2.63. The summed E-state index contributed by atoms with van der Waals surface area (Å²) in [6.45, 7) is 2.52. The highest BCUT2D eigenvalue weighted by Gasteiger charge is 2.33. The Morgan fingerprint density at radius 3 is 2.77 bits per heavy atom. The van der Waals surface area contributed by atoms with Crippen LogP contribution in [0, 0.1) is 0 Å². The lowest BCUT2D eigenvalue weighted by Crippen LogP contribution is -2.42. The molecule has 1 aliphatic heterocycles. The maximum atomic E-state index is 12.8. The van der Waals surface area contributed by atoms with Crippen molar-refractivity contribution in [1.82, 2.24) is 14.9 Å². The van der Waals surface area contributed by atoms with Crippen molar-refractivity contribution in [3.63, 3.8) is 0 Å². The number of aromatic nitrogens is 2. The van der Waals surface area contributed by atoms with E-state index >= 15 is 0 Å². The van der Waals surface area contributed by atoms with Crippen LogP contribution in [0.3, 0.4) is 0 Å². The minimum absolute atomic E-state index is 0.0338. The molecule has 0 radical (unpaired) electrons. The highest BCUT2D eigenvalue weighted by Crippen LogP contribution is 2.27. The van der Waals surface area contributed by atoms with E-state index in [1.54, 1.807) is 0 Å². The zero-order chi connectivity index (χ0) is 18.4. The molecular weight excluding hydrogens is 341 g/mol. The van der Waals surface area contributed by atoms with Crippen LogP contribution < -0.4 is 5.32 Å². The Morgan fingerprint density at radius 1 is 1.19 bits per heavy atom. The van der Waals surface area contributed by atoms with Crippen molar-refractivity contribution in [2.24, 2.45) is 0 Å². The minimum atomic E-state index is -4.46. The predicted octanol–water partition coefficient (Wildman–Crippen LogP) is 4.09. The molecule has 4 nitrogen and oxygen atoms in total. The maximum Gasteiger partial charge on any atom is 0.433 e. The van der Waals surface area contributed by atoms with Gasteiger partial charge in [0.2, 0.25) is 5.95 Å². The molecular formula is C19H21F3N4. The summed E-state index contributed by atoms with van der Waals surface area (Å²) >= 11 is 0. The van der Waals surface area contributed by atoms with Crippen LogP contribution in [0.5, 0.6) is 0 Å². The van der Waals surface area contributed by atoms with Gasteiger partial charge in [-0.3, -0.25) is 4.90 Å². The van der Waals surface area contributed by atoms with Gasteiger partial charge in [-0.05, 0) is 31.0 Å². The zero-order valence-corrected chi connectivity index (χ0v) is 14.3. The standard InChI is InChI=1S/C19H21F3N4/c20-19(21,22)17-10-11-23-18(25-17)24-16-9-5-13-26(14-16)12-4-8-15-6-2-1-3-7-15/h1-4,6-8,10-11,16H,5,9,12-14H2,(H,23,24,25)/b8-4+. The SMILES string of the molecule is FC(F)(F)c1ccnc(NC2CCCN(C/C=C/c3ccccc3)C2)n1. The summed E-state index contributed by atoms with van der Waals surface area (Å²) in [4.78, 5) is 9.78. The number of hydrogen-bond donors (Lipinski definition) is 1. The second kappa shape index (κ2) is 8.31. The molecule has 7 heteroatoms. The summed E-state index contributed by atoms with van der Waals surface area (Å²) in [5, 5.41) is 3.04. The van der Waals surface area contributed by atoms with Gasteiger partial charge in [0.15, 0.2) is 0 Å². The molecule has 1 atom stereocenters. The summed E-state index contributed by atoms with van der Waals surface area (Å²) in [6, 6.07) is 11.0. The van der Waals surface area contributed by atoms with Crippen LogP contribution in [-0.4, -0.2) is 40.5 Å². The normalized spacial score (nSPS) is 19.0. The average molecular weight is 362 g/mol. The Balaban J connectivity index is 1.54. The number of hydrogen-bond acceptors (Lipinski definition) is 4. The van der Waals surface area contributed by atoms with E-state index in [0.717, 1.165) is 50.3 Å². The largest absolute Gasteiger partial charge is 0.433 e. The first-order valence-corrected chi connectivity index (χ1v) is 8.61. The lowest BCUT2D eigenvalue weighted by molar-refractivity contribution is -0.141. The van der Waals surface area contributed by atoms with E-state index < -0.39 is 11.9 Å². The number of benzene rings is 1. The van der Waals surface area contributed by atoms with Crippen LogP contribution >= 0.6 is 0 Å². The van der Waals surface area contributed by atoms with Crippen molar-refractivity contribution in [1.29, 1.82) is 0 Å². The number of rotatable bonds is 5. The summed E-state index contributed by atoms with van der Waals surface area (Å²) in [7, 11) is 0. The van der Waals surface area contributed by atoms with E-state index in [1.165, 1.54) is 0 Å². The van der Waals surface area contributed by atoms with E-state index in [9.17, 15) is 13.2 Å². The van der Waals surface area contributed by atoms with E-state index in [1.807, 2.05) is 30.3 Å². The van der Waals surface area contributed by atoms with E-state index in [2.05, 4.69) is 32.3 Å². The van der Waals surface area contributed by atoms with Crippen LogP contribution in [0.1, 0.15) is 24.1 Å². The molecule has 1 N–H and O–H groups in total. The maximum absolute atomic E-state index is 12.8. The van der Waals surface area contributed by atoms with Gasteiger partial charge < -0.3 is 5.32 Å². The number of likely N-dealkylation sites (tertiary alicyclic amines) is 1. The molecule has 2 aromatic rings. The molecule has 3 rings (SSSR count). The number of nitrogens with zero attached hydrogens (tertiary/aromatic N) is 3. The first-order valence-electron chi connectivity index (χ1n) is 8.61. The molecule has 1 aromatic heterocycles. The van der Waals surface area contributed by atoms with Crippen molar-refractivity contribution in [2.45, 2.75) is 25.1 Å². The Morgan fingerprint density at radius 2 is 2.00 bits per heavy atom. The van der Waals surface area contributed by atoms with Crippen LogP contribution in [-0.2, 0) is 6.18 Å². The molecule has 0 saturated carbocycles. The smallest absolute Gasteiger partial charge is 0.350 e. The first kappa shape index (κ1) is 18.4. The molecule has 0 aliphatic carbocycles.